The Morgan fingerprint density at radius 1 is 1.42 bits per heavy atom. The number of phenols is 1. The average Bonchev–Trinajstić information content (AvgIpc) is 2.33. The Bertz CT molecular complexity index is 521. The van der Waals surface area contributed by atoms with Gasteiger partial charge in [0, 0.05) is 4.47 Å². The molecule has 0 amide bonds. The summed E-state index contributed by atoms with van der Waals surface area (Å²) in [4.78, 5) is 23.6. The van der Waals surface area contributed by atoms with Crippen molar-refractivity contribution in [3.8, 4) is 5.75 Å². The molecule has 1 aromatic carbocycles. The van der Waals surface area contributed by atoms with E-state index in [-0.39, 0.29) is 23.8 Å². The van der Waals surface area contributed by atoms with Gasteiger partial charge >= 0.3 is 5.97 Å². The fourth-order valence-corrected chi connectivity index (χ4v) is 2.22. The van der Waals surface area contributed by atoms with Gasteiger partial charge in [0.05, 0.1) is 12.2 Å². The van der Waals surface area contributed by atoms with Crippen LogP contribution >= 0.6 is 15.9 Å². The van der Waals surface area contributed by atoms with Crippen LogP contribution in [0, 0.1) is 6.92 Å². The summed E-state index contributed by atoms with van der Waals surface area (Å²) in [7, 11) is 0. The lowest BCUT2D eigenvalue weighted by atomic mass is 9.94. The van der Waals surface area contributed by atoms with Gasteiger partial charge in [0.25, 0.3) is 5.78 Å². The minimum Gasteiger partial charge on any atom is -0.507 e. The fraction of sp³-hybridized carbons (Fsp3) is 0.429. The van der Waals surface area contributed by atoms with E-state index in [1.54, 1.807) is 19.9 Å². The zero-order valence-corrected chi connectivity index (χ0v) is 13.0. The number of aromatic hydroxyl groups is 1. The Morgan fingerprint density at radius 3 is 2.47 bits per heavy atom. The number of Topliss-reactive ketones (excluding diaryl/α,β-unsaturated/α-hetero) is 1. The maximum Gasteiger partial charge on any atom is 0.379 e. The van der Waals surface area contributed by atoms with Gasteiger partial charge in [-0.05, 0) is 37.0 Å². The molecule has 0 saturated heterocycles. The summed E-state index contributed by atoms with van der Waals surface area (Å²) < 4.78 is 5.38. The molecule has 104 valence electrons. The molecule has 19 heavy (non-hydrogen) atoms. The molecule has 0 aliphatic heterocycles. The van der Waals surface area contributed by atoms with E-state index >= 15 is 0 Å². The fourth-order valence-electron chi connectivity index (χ4n) is 1.77. The van der Waals surface area contributed by atoms with Gasteiger partial charge in [-0.2, -0.15) is 0 Å². The van der Waals surface area contributed by atoms with Gasteiger partial charge in [-0.3, -0.25) is 4.79 Å². The van der Waals surface area contributed by atoms with Crippen LogP contribution in [0.1, 0.15) is 48.2 Å². The monoisotopic (exact) mass is 328 g/mol. The number of carbonyl (C=O) groups is 2. The highest BCUT2D eigenvalue weighted by Gasteiger charge is 2.26. The number of hydrogen-bond acceptors (Lipinski definition) is 4. The molecule has 0 aliphatic carbocycles. The molecule has 0 heterocycles. The number of ether oxygens (including phenoxy) is 1. The lowest BCUT2D eigenvalue weighted by molar-refractivity contribution is -0.137. The molecular formula is C14H17BrO4. The zero-order valence-electron chi connectivity index (χ0n) is 11.4. The minimum absolute atomic E-state index is 0.0107. The van der Waals surface area contributed by atoms with E-state index in [0.29, 0.717) is 15.6 Å². The first-order valence-electron chi connectivity index (χ1n) is 6.04. The second-order valence-electron chi connectivity index (χ2n) is 4.50. The SMILES string of the molecule is CCOC(=O)C(=O)c1c(C)c(Br)cc(C(C)C)c1O. The zero-order chi connectivity index (χ0) is 14.7. The highest BCUT2D eigenvalue weighted by atomic mass is 79.9. The van der Waals surface area contributed by atoms with Crippen LogP contribution in [0.25, 0.3) is 0 Å². The maximum absolute atomic E-state index is 12.0. The van der Waals surface area contributed by atoms with E-state index in [4.69, 9.17) is 4.74 Å². The number of hydrogen-bond donors (Lipinski definition) is 1. The van der Waals surface area contributed by atoms with Crippen molar-refractivity contribution >= 4 is 27.7 Å². The standard InChI is InChI=1S/C14H17BrO4/c1-5-19-14(18)13(17)11-8(4)10(15)6-9(7(2)3)12(11)16/h6-7,16H,5H2,1-4H3. The van der Waals surface area contributed by atoms with Crippen LogP contribution in [0.2, 0.25) is 0 Å². The molecule has 0 radical (unpaired) electrons. The first kappa shape index (κ1) is 15.7. The minimum atomic E-state index is -0.950. The molecule has 0 aromatic heterocycles. The Morgan fingerprint density at radius 2 is 2.00 bits per heavy atom. The van der Waals surface area contributed by atoms with Crippen molar-refractivity contribution in [1.82, 2.24) is 0 Å². The molecule has 0 unspecified atom stereocenters. The Balaban J connectivity index is 3.42. The summed E-state index contributed by atoms with van der Waals surface area (Å²) in [5.41, 5.74) is 1.15. The van der Waals surface area contributed by atoms with E-state index < -0.39 is 11.8 Å². The quantitative estimate of drug-likeness (QED) is 0.523. The molecule has 0 spiro atoms. The summed E-state index contributed by atoms with van der Waals surface area (Å²) in [6, 6.07) is 1.76. The van der Waals surface area contributed by atoms with Gasteiger partial charge in [-0.1, -0.05) is 29.8 Å². The van der Waals surface area contributed by atoms with Gasteiger partial charge in [0.1, 0.15) is 5.75 Å². The Hall–Kier alpha value is -1.36. The van der Waals surface area contributed by atoms with E-state index in [1.807, 2.05) is 13.8 Å². The Kier molecular flexibility index (Phi) is 5.11. The third kappa shape index (κ3) is 3.15. The first-order valence-corrected chi connectivity index (χ1v) is 6.83. The lowest BCUT2D eigenvalue weighted by Gasteiger charge is -2.15. The predicted octanol–water partition coefficient (Wildman–Crippen LogP) is 3.33. The molecule has 1 rings (SSSR count). The molecule has 1 N–H and O–H groups in total. The number of benzene rings is 1. The van der Waals surface area contributed by atoms with Gasteiger partial charge in [0.2, 0.25) is 0 Å². The number of esters is 1. The van der Waals surface area contributed by atoms with Crippen molar-refractivity contribution in [2.45, 2.75) is 33.6 Å². The summed E-state index contributed by atoms with van der Waals surface area (Å²) in [5, 5.41) is 10.2. The summed E-state index contributed by atoms with van der Waals surface area (Å²) >= 11 is 3.34. The van der Waals surface area contributed by atoms with Gasteiger partial charge in [-0.25, -0.2) is 4.79 Å². The number of halogens is 1. The third-order valence-electron chi connectivity index (χ3n) is 2.84. The highest BCUT2D eigenvalue weighted by molar-refractivity contribution is 9.10. The van der Waals surface area contributed by atoms with Crippen LogP contribution in [0.15, 0.2) is 10.5 Å². The smallest absolute Gasteiger partial charge is 0.379 e. The molecule has 0 atom stereocenters. The van der Waals surface area contributed by atoms with Gasteiger partial charge in [-0.15, -0.1) is 0 Å². The molecule has 0 saturated carbocycles. The highest BCUT2D eigenvalue weighted by Crippen LogP contribution is 2.36. The van der Waals surface area contributed by atoms with Crippen LogP contribution < -0.4 is 0 Å². The van der Waals surface area contributed by atoms with Crippen molar-refractivity contribution in [2.75, 3.05) is 6.61 Å². The maximum atomic E-state index is 12.0. The normalized spacial score (nSPS) is 10.6. The van der Waals surface area contributed by atoms with Crippen LogP contribution in [0.3, 0.4) is 0 Å². The summed E-state index contributed by atoms with van der Waals surface area (Å²) in [6.07, 6.45) is 0. The van der Waals surface area contributed by atoms with Crippen LogP contribution in [-0.4, -0.2) is 23.5 Å². The van der Waals surface area contributed by atoms with E-state index in [1.165, 1.54) is 0 Å². The third-order valence-corrected chi connectivity index (χ3v) is 3.66. The second kappa shape index (κ2) is 6.19. The van der Waals surface area contributed by atoms with Crippen LogP contribution in [0.4, 0.5) is 0 Å². The van der Waals surface area contributed by atoms with Gasteiger partial charge < -0.3 is 9.84 Å². The summed E-state index contributed by atoms with van der Waals surface area (Å²) in [6.45, 7) is 7.21. The van der Waals surface area contributed by atoms with Crippen molar-refractivity contribution in [3.63, 3.8) is 0 Å². The largest absolute Gasteiger partial charge is 0.507 e. The van der Waals surface area contributed by atoms with Crippen LogP contribution in [0.5, 0.6) is 5.75 Å². The number of carbonyl (C=O) groups excluding carboxylic acids is 2. The van der Waals surface area contributed by atoms with Crippen molar-refractivity contribution < 1.29 is 19.4 Å². The Labute approximate surface area is 120 Å². The molecule has 5 heteroatoms. The average molecular weight is 329 g/mol. The van der Waals surface area contributed by atoms with E-state index in [9.17, 15) is 14.7 Å². The summed E-state index contributed by atoms with van der Waals surface area (Å²) in [5.74, 6) is -1.88. The molecule has 4 nitrogen and oxygen atoms in total. The first-order chi connectivity index (χ1) is 8.81. The number of ketones is 1. The lowest BCUT2D eigenvalue weighted by Crippen LogP contribution is -2.19. The van der Waals surface area contributed by atoms with Crippen LogP contribution in [-0.2, 0) is 9.53 Å². The molecular weight excluding hydrogens is 312 g/mol. The van der Waals surface area contributed by atoms with Crippen molar-refractivity contribution in [2.24, 2.45) is 0 Å². The molecule has 0 fully saturated rings. The molecule has 1 aromatic rings. The van der Waals surface area contributed by atoms with Crippen molar-refractivity contribution in [1.29, 1.82) is 0 Å². The topological polar surface area (TPSA) is 63.6 Å². The van der Waals surface area contributed by atoms with E-state index in [0.717, 1.165) is 0 Å². The second-order valence-corrected chi connectivity index (χ2v) is 5.35. The molecule has 0 bridgehead atoms. The number of rotatable bonds is 4. The molecule has 0 aliphatic rings. The van der Waals surface area contributed by atoms with Gasteiger partial charge in [0.15, 0.2) is 0 Å². The van der Waals surface area contributed by atoms with Crippen molar-refractivity contribution in [3.05, 3.63) is 27.2 Å². The predicted molar refractivity (Wildman–Crippen MR) is 75.6 cm³/mol. The van der Waals surface area contributed by atoms with E-state index in [2.05, 4.69) is 15.9 Å². The number of phenolic OH excluding ortho intramolecular Hbond substituents is 1.